The third-order valence-electron chi connectivity index (χ3n) is 3.14. The molecule has 4 heteroatoms. The first-order valence-corrected chi connectivity index (χ1v) is 6.64. The van der Waals surface area contributed by atoms with Crippen molar-refractivity contribution in [1.82, 2.24) is 10.2 Å². The van der Waals surface area contributed by atoms with Crippen molar-refractivity contribution in [3.63, 3.8) is 0 Å². The number of carbonyl (C=O) groups is 2. The van der Waals surface area contributed by atoms with Crippen molar-refractivity contribution in [3.05, 3.63) is 0 Å². The van der Waals surface area contributed by atoms with Gasteiger partial charge in [-0.25, -0.2) is 0 Å². The number of hydrogen-bond acceptors (Lipinski definition) is 2. The van der Waals surface area contributed by atoms with E-state index in [1.54, 1.807) is 0 Å². The van der Waals surface area contributed by atoms with Crippen molar-refractivity contribution in [3.8, 4) is 0 Å². The Bertz CT molecular complexity index is 271. The van der Waals surface area contributed by atoms with E-state index in [4.69, 9.17) is 0 Å². The van der Waals surface area contributed by atoms with Crippen LogP contribution in [0.2, 0.25) is 0 Å². The molecule has 98 valence electrons. The fourth-order valence-corrected chi connectivity index (χ4v) is 2.12. The van der Waals surface area contributed by atoms with E-state index in [-0.39, 0.29) is 23.8 Å². The number of likely N-dealkylation sites (tertiary alicyclic amines) is 1. The molecule has 1 atom stereocenters. The third-order valence-corrected chi connectivity index (χ3v) is 3.14. The predicted molar refractivity (Wildman–Crippen MR) is 67.5 cm³/mol. The summed E-state index contributed by atoms with van der Waals surface area (Å²) in [5, 5.41) is 2.86. The molecule has 1 rings (SSSR count). The summed E-state index contributed by atoms with van der Waals surface area (Å²) in [5.41, 5.74) is 0. The van der Waals surface area contributed by atoms with E-state index in [9.17, 15) is 9.59 Å². The fraction of sp³-hybridized carbons (Fsp3) is 0.846. The molecule has 0 aromatic rings. The molecule has 0 aromatic carbocycles. The Kier molecular flexibility index (Phi) is 5.45. The molecule has 1 N–H and O–H groups in total. The summed E-state index contributed by atoms with van der Waals surface area (Å²) in [6.07, 6.45) is 3.48. The summed E-state index contributed by atoms with van der Waals surface area (Å²) in [5.74, 6) is 0.213. The molecule has 2 amide bonds. The zero-order valence-electron chi connectivity index (χ0n) is 11.2. The van der Waals surface area contributed by atoms with Crippen LogP contribution in [-0.4, -0.2) is 35.8 Å². The fourth-order valence-electron chi connectivity index (χ4n) is 2.12. The molecule has 1 aliphatic heterocycles. The second kappa shape index (κ2) is 6.62. The smallest absolute Gasteiger partial charge is 0.245 e. The maximum absolute atomic E-state index is 12.2. The van der Waals surface area contributed by atoms with Crippen molar-refractivity contribution >= 4 is 11.8 Å². The van der Waals surface area contributed by atoms with Gasteiger partial charge in [0.1, 0.15) is 6.04 Å². The van der Waals surface area contributed by atoms with Gasteiger partial charge in [-0.15, -0.1) is 0 Å². The van der Waals surface area contributed by atoms with Gasteiger partial charge in [-0.2, -0.15) is 0 Å². The van der Waals surface area contributed by atoms with Gasteiger partial charge in [0, 0.05) is 19.5 Å². The van der Waals surface area contributed by atoms with Crippen LogP contribution < -0.4 is 5.32 Å². The van der Waals surface area contributed by atoms with Gasteiger partial charge < -0.3 is 10.2 Å². The monoisotopic (exact) mass is 240 g/mol. The van der Waals surface area contributed by atoms with Crippen LogP contribution in [0.25, 0.3) is 0 Å². The molecule has 1 saturated heterocycles. The van der Waals surface area contributed by atoms with Crippen LogP contribution in [0, 0.1) is 5.92 Å². The highest BCUT2D eigenvalue weighted by Crippen LogP contribution is 2.13. The summed E-state index contributed by atoms with van der Waals surface area (Å²) in [6.45, 7) is 7.60. The Morgan fingerprint density at radius 3 is 2.29 bits per heavy atom. The first-order chi connectivity index (χ1) is 8.06. The standard InChI is InChI=1S/C13H24N2O2/c1-4-7-11(16)14-12(10(2)3)13(17)15-8-5-6-9-15/h10,12H,4-9H2,1-3H3,(H,14,16)/t12-/m1/s1. The minimum atomic E-state index is -0.354. The van der Waals surface area contributed by atoms with Crippen LogP contribution in [0.15, 0.2) is 0 Å². The number of nitrogens with one attached hydrogen (secondary N) is 1. The lowest BCUT2D eigenvalue weighted by Gasteiger charge is -2.26. The van der Waals surface area contributed by atoms with E-state index >= 15 is 0 Å². The van der Waals surface area contributed by atoms with E-state index in [1.807, 2.05) is 25.7 Å². The van der Waals surface area contributed by atoms with E-state index in [1.165, 1.54) is 0 Å². The van der Waals surface area contributed by atoms with Gasteiger partial charge in [-0.1, -0.05) is 20.8 Å². The summed E-state index contributed by atoms with van der Waals surface area (Å²) < 4.78 is 0. The van der Waals surface area contributed by atoms with Crippen molar-refractivity contribution in [2.75, 3.05) is 13.1 Å². The minimum absolute atomic E-state index is 0.0150. The van der Waals surface area contributed by atoms with Crippen LogP contribution in [0.5, 0.6) is 0 Å². The zero-order chi connectivity index (χ0) is 12.8. The number of hydrogen-bond donors (Lipinski definition) is 1. The van der Waals surface area contributed by atoms with Crippen molar-refractivity contribution in [2.24, 2.45) is 5.92 Å². The second-order valence-electron chi connectivity index (χ2n) is 5.07. The average molecular weight is 240 g/mol. The summed E-state index contributed by atoms with van der Waals surface area (Å²) in [6, 6.07) is -0.354. The SMILES string of the molecule is CCCC(=O)N[C@@H](C(=O)N1CCCC1)C(C)C. The molecule has 17 heavy (non-hydrogen) atoms. The molecule has 0 radical (unpaired) electrons. The minimum Gasteiger partial charge on any atom is -0.344 e. The predicted octanol–water partition coefficient (Wildman–Crippen LogP) is 1.55. The summed E-state index contributed by atoms with van der Waals surface area (Å²) in [7, 11) is 0. The quantitative estimate of drug-likeness (QED) is 0.792. The van der Waals surface area contributed by atoms with Gasteiger partial charge in [0.05, 0.1) is 0 Å². The Balaban J connectivity index is 2.58. The van der Waals surface area contributed by atoms with Crippen molar-refractivity contribution < 1.29 is 9.59 Å². The van der Waals surface area contributed by atoms with Crippen LogP contribution in [0.1, 0.15) is 46.5 Å². The second-order valence-corrected chi connectivity index (χ2v) is 5.07. The Morgan fingerprint density at radius 1 is 1.24 bits per heavy atom. The average Bonchev–Trinajstić information content (AvgIpc) is 2.78. The molecule has 4 nitrogen and oxygen atoms in total. The van der Waals surface area contributed by atoms with E-state index in [2.05, 4.69) is 5.32 Å². The Labute approximate surface area is 104 Å². The van der Waals surface area contributed by atoms with E-state index in [0.29, 0.717) is 6.42 Å². The van der Waals surface area contributed by atoms with E-state index in [0.717, 1.165) is 32.4 Å². The van der Waals surface area contributed by atoms with Gasteiger partial charge in [-0.3, -0.25) is 9.59 Å². The molecule has 0 unspecified atom stereocenters. The molecule has 1 aliphatic rings. The lowest BCUT2D eigenvalue weighted by molar-refractivity contribution is -0.136. The molecular formula is C13H24N2O2. The molecule has 0 aliphatic carbocycles. The first kappa shape index (κ1) is 14.0. The lowest BCUT2D eigenvalue weighted by Crippen LogP contribution is -2.50. The molecule has 0 aromatic heterocycles. The van der Waals surface area contributed by atoms with Crippen LogP contribution in [0.3, 0.4) is 0 Å². The van der Waals surface area contributed by atoms with E-state index < -0.39 is 0 Å². The molecule has 1 heterocycles. The molecule has 0 bridgehead atoms. The normalized spacial score (nSPS) is 17.3. The maximum atomic E-state index is 12.2. The highest BCUT2D eigenvalue weighted by atomic mass is 16.2. The van der Waals surface area contributed by atoms with Gasteiger partial charge in [-0.05, 0) is 25.2 Å². The largest absolute Gasteiger partial charge is 0.344 e. The molecule has 0 spiro atoms. The topological polar surface area (TPSA) is 49.4 Å². The van der Waals surface area contributed by atoms with Crippen molar-refractivity contribution in [2.45, 2.75) is 52.5 Å². The molecular weight excluding hydrogens is 216 g/mol. The maximum Gasteiger partial charge on any atom is 0.245 e. The molecule has 1 fully saturated rings. The summed E-state index contributed by atoms with van der Waals surface area (Å²) in [4.78, 5) is 25.7. The van der Waals surface area contributed by atoms with Gasteiger partial charge in [0.2, 0.25) is 11.8 Å². The number of nitrogens with zero attached hydrogens (tertiary/aromatic N) is 1. The highest BCUT2D eigenvalue weighted by molar-refractivity contribution is 5.88. The summed E-state index contributed by atoms with van der Waals surface area (Å²) >= 11 is 0. The molecule has 0 saturated carbocycles. The number of rotatable bonds is 5. The van der Waals surface area contributed by atoms with Gasteiger partial charge in [0.25, 0.3) is 0 Å². The van der Waals surface area contributed by atoms with Crippen LogP contribution in [0.4, 0.5) is 0 Å². The highest BCUT2D eigenvalue weighted by Gasteiger charge is 2.29. The van der Waals surface area contributed by atoms with Crippen molar-refractivity contribution in [1.29, 1.82) is 0 Å². The number of amides is 2. The van der Waals surface area contributed by atoms with Crippen LogP contribution in [-0.2, 0) is 9.59 Å². The zero-order valence-corrected chi connectivity index (χ0v) is 11.2. The van der Waals surface area contributed by atoms with Crippen LogP contribution >= 0.6 is 0 Å². The van der Waals surface area contributed by atoms with Gasteiger partial charge >= 0.3 is 0 Å². The Morgan fingerprint density at radius 2 is 1.82 bits per heavy atom. The Hall–Kier alpha value is -1.06. The number of carbonyl (C=O) groups excluding carboxylic acids is 2. The third kappa shape index (κ3) is 4.02. The lowest BCUT2D eigenvalue weighted by atomic mass is 10.0. The van der Waals surface area contributed by atoms with Gasteiger partial charge in [0.15, 0.2) is 0 Å². The first-order valence-electron chi connectivity index (χ1n) is 6.64.